The zero-order chi connectivity index (χ0) is 20.5. The van der Waals surface area contributed by atoms with Gasteiger partial charge in [0.05, 0.1) is 17.0 Å². The van der Waals surface area contributed by atoms with Crippen molar-refractivity contribution < 1.29 is 9.32 Å². The molecule has 3 heterocycles. The Bertz CT molecular complexity index is 1270. The number of aryl methyl sites for hydroxylation is 2. The average molecular weight is 427 g/mol. The lowest BCUT2D eigenvalue weighted by molar-refractivity contribution is -0.113. The van der Waals surface area contributed by atoms with Crippen molar-refractivity contribution in [1.82, 2.24) is 14.7 Å². The monoisotopic (exact) mass is 426 g/mol. The maximum Gasteiger partial charge on any atom is 0.276 e. The minimum atomic E-state index is -0.254. The van der Waals surface area contributed by atoms with E-state index in [2.05, 4.69) is 15.5 Å². The van der Waals surface area contributed by atoms with Gasteiger partial charge in [-0.3, -0.25) is 14.2 Å². The summed E-state index contributed by atoms with van der Waals surface area (Å²) >= 11 is 2.58. The van der Waals surface area contributed by atoms with E-state index in [-0.39, 0.29) is 17.2 Å². The van der Waals surface area contributed by atoms with Gasteiger partial charge in [0.15, 0.2) is 11.0 Å². The van der Waals surface area contributed by atoms with Gasteiger partial charge in [-0.25, -0.2) is 4.98 Å². The van der Waals surface area contributed by atoms with Crippen LogP contribution in [0.25, 0.3) is 15.9 Å². The Balaban J connectivity index is 1.70. The molecule has 0 radical (unpaired) electrons. The van der Waals surface area contributed by atoms with E-state index in [4.69, 9.17) is 4.52 Å². The molecule has 0 atom stereocenters. The number of fused-ring (bicyclic) bond motifs is 1. The molecule has 7 nitrogen and oxygen atoms in total. The molecule has 0 aliphatic carbocycles. The molecular formula is C20H18N4O3S2. The first kappa shape index (κ1) is 19.4. The summed E-state index contributed by atoms with van der Waals surface area (Å²) in [6.45, 7) is 5.73. The van der Waals surface area contributed by atoms with Crippen molar-refractivity contribution in [2.45, 2.75) is 25.9 Å². The zero-order valence-electron chi connectivity index (χ0n) is 16.1. The molecule has 29 heavy (non-hydrogen) atoms. The Morgan fingerprint density at radius 1 is 1.28 bits per heavy atom. The first-order chi connectivity index (χ1) is 13.9. The SMILES string of the molecule is Cc1cc(NC(=O)CSc2nc3ccsc3c(=O)n2-c2cccc(C)c2C)no1. The number of hydrogen-bond donors (Lipinski definition) is 1. The fourth-order valence-corrected chi connectivity index (χ4v) is 4.48. The summed E-state index contributed by atoms with van der Waals surface area (Å²) in [7, 11) is 0. The number of carbonyl (C=O) groups is 1. The van der Waals surface area contributed by atoms with Gasteiger partial charge >= 0.3 is 0 Å². The van der Waals surface area contributed by atoms with Crippen LogP contribution < -0.4 is 10.9 Å². The summed E-state index contributed by atoms with van der Waals surface area (Å²) in [6, 6.07) is 9.27. The third kappa shape index (κ3) is 3.83. The summed E-state index contributed by atoms with van der Waals surface area (Å²) in [5.74, 6) is 0.803. The number of nitrogens with zero attached hydrogens (tertiary/aromatic N) is 3. The summed E-state index contributed by atoms with van der Waals surface area (Å²) in [5.41, 5.74) is 3.35. The number of thioether (sulfide) groups is 1. The van der Waals surface area contributed by atoms with Crippen molar-refractivity contribution in [2.75, 3.05) is 11.1 Å². The lowest BCUT2D eigenvalue weighted by Gasteiger charge is -2.15. The first-order valence-electron chi connectivity index (χ1n) is 8.87. The van der Waals surface area contributed by atoms with Crippen molar-refractivity contribution in [3.8, 4) is 5.69 Å². The molecule has 148 valence electrons. The second kappa shape index (κ2) is 7.84. The van der Waals surface area contributed by atoms with Gasteiger partial charge in [0.2, 0.25) is 5.91 Å². The fraction of sp³-hybridized carbons (Fsp3) is 0.200. The van der Waals surface area contributed by atoms with Crippen LogP contribution in [0.3, 0.4) is 0 Å². The Labute approximate surface area is 174 Å². The van der Waals surface area contributed by atoms with Crippen molar-refractivity contribution in [2.24, 2.45) is 0 Å². The molecule has 4 aromatic rings. The van der Waals surface area contributed by atoms with E-state index >= 15 is 0 Å². The molecule has 4 rings (SSSR count). The lowest BCUT2D eigenvalue weighted by atomic mass is 10.1. The van der Waals surface area contributed by atoms with Gasteiger partial charge in [0.1, 0.15) is 10.5 Å². The number of amides is 1. The molecule has 1 N–H and O–H groups in total. The van der Waals surface area contributed by atoms with Gasteiger partial charge in [-0.1, -0.05) is 29.1 Å². The highest BCUT2D eigenvalue weighted by Crippen LogP contribution is 2.26. The van der Waals surface area contributed by atoms with E-state index in [1.54, 1.807) is 17.6 Å². The van der Waals surface area contributed by atoms with E-state index in [9.17, 15) is 9.59 Å². The molecule has 1 aromatic carbocycles. The molecular weight excluding hydrogens is 408 g/mol. The van der Waals surface area contributed by atoms with Crippen LogP contribution in [0.5, 0.6) is 0 Å². The highest BCUT2D eigenvalue weighted by molar-refractivity contribution is 7.99. The normalized spacial score (nSPS) is 11.1. The van der Waals surface area contributed by atoms with Crippen LogP contribution in [0.15, 0.2) is 50.2 Å². The number of rotatable bonds is 5. The topological polar surface area (TPSA) is 90.0 Å². The van der Waals surface area contributed by atoms with Gasteiger partial charge in [-0.2, -0.15) is 0 Å². The van der Waals surface area contributed by atoms with Crippen LogP contribution in [0.2, 0.25) is 0 Å². The summed E-state index contributed by atoms with van der Waals surface area (Å²) in [4.78, 5) is 30.2. The number of hydrogen-bond acceptors (Lipinski definition) is 7. The van der Waals surface area contributed by atoms with Crippen LogP contribution in [0.1, 0.15) is 16.9 Å². The largest absolute Gasteiger partial charge is 0.360 e. The van der Waals surface area contributed by atoms with Gasteiger partial charge in [0.25, 0.3) is 5.56 Å². The molecule has 0 saturated carbocycles. The number of aromatic nitrogens is 3. The van der Waals surface area contributed by atoms with Gasteiger partial charge in [0, 0.05) is 6.07 Å². The minimum Gasteiger partial charge on any atom is -0.360 e. The second-order valence-corrected chi connectivity index (χ2v) is 8.41. The third-order valence-corrected chi connectivity index (χ3v) is 6.32. The highest BCUT2D eigenvalue weighted by atomic mass is 32.2. The zero-order valence-corrected chi connectivity index (χ0v) is 17.7. The fourth-order valence-electron chi connectivity index (χ4n) is 2.91. The summed E-state index contributed by atoms with van der Waals surface area (Å²) < 4.78 is 7.15. The maximum absolute atomic E-state index is 13.2. The number of carbonyl (C=O) groups excluding carboxylic acids is 1. The smallest absolute Gasteiger partial charge is 0.276 e. The Kier molecular flexibility index (Phi) is 5.25. The molecule has 9 heteroatoms. The van der Waals surface area contributed by atoms with Gasteiger partial charge < -0.3 is 9.84 Å². The Morgan fingerprint density at radius 3 is 2.86 bits per heavy atom. The highest BCUT2D eigenvalue weighted by Gasteiger charge is 2.17. The third-order valence-electron chi connectivity index (χ3n) is 4.49. The number of benzene rings is 1. The number of anilines is 1. The summed E-state index contributed by atoms with van der Waals surface area (Å²) in [5, 5.41) is 8.76. The van der Waals surface area contributed by atoms with Crippen LogP contribution in [-0.4, -0.2) is 26.4 Å². The van der Waals surface area contributed by atoms with Crippen LogP contribution in [0.4, 0.5) is 5.82 Å². The predicted octanol–water partition coefficient (Wildman–Crippen LogP) is 4.09. The Morgan fingerprint density at radius 2 is 2.10 bits per heavy atom. The lowest BCUT2D eigenvalue weighted by Crippen LogP contribution is -2.23. The van der Waals surface area contributed by atoms with Crippen molar-refractivity contribution >= 4 is 45.0 Å². The molecule has 1 amide bonds. The maximum atomic E-state index is 13.2. The van der Waals surface area contributed by atoms with Gasteiger partial charge in [-0.15, -0.1) is 11.3 Å². The first-order valence-corrected chi connectivity index (χ1v) is 10.7. The summed E-state index contributed by atoms with van der Waals surface area (Å²) in [6.07, 6.45) is 0. The average Bonchev–Trinajstić information content (AvgIpc) is 3.32. The van der Waals surface area contributed by atoms with E-state index in [1.165, 1.54) is 23.1 Å². The molecule has 0 saturated heterocycles. The predicted molar refractivity (Wildman–Crippen MR) is 115 cm³/mol. The van der Waals surface area contributed by atoms with Crippen molar-refractivity contribution in [3.05, 3.63) is 63.0 Å². The van der Waals surface area contributed by atoms with Gasteiger partial charge in [-0.05, 0) is 49.4 Å². The van der Waals surface area contributed by atoms with Crippen molar-refractivity contribution in [1.29, 1.82) is 0 Å². The molecule has 3 aromatic heterocycles. The molecule has 0 aliphatic rings. The number of thiophene rings is 1. The molecule has 0 unspecified atom stereocenters. The van der Waals surface area contributed by atoms with E-state index in [1.807, 2.05) is 43.5 Å². The van der Waals surface area contributed by atoms with E-state index in [0.29, 0.717) is 27.0 Å². The Hall–Kier alpha value is -2.91. The van der Waals surface area contributed by atoms with Crippen LogP contribution in [0, 0.1) is 20.8 Å². The molecule has 0 spiro atoms. The van der Waals surface area contributed by atoms with Crippen LogP contribution in [-0.2, 0) is 4.79 Å². The van der Waals surface area contributed by atoms with Crippen LogP contribution >= 0.6 is 23.1 Å². The second-order valence-electron chi connectivity index (χ2n) is 6.55. The minimum absolute atomic E-state index is 0.0822. The van der Waals surface area contributed by atoms with Crippen molar-refractivity contribution in [3.63, 3.8) is 0 Å². The quantitative estimate of drug-likeness (QED) is 0.382. The van der Waals surface area contributed by atoms with E-state index in [0.717, 1.165) is 16.8 Å². The molecule has 0 bridgehead atoms. The standard InChI is InChI=1S/C20H18N4O3S2/c1-11-5-4-6-15(13(11)3)24-19(26)18-14(7-8-28-18)21-20(24)29-10-17(25)22-16-9-12(2)27-23-16/h4-9H,10H2,1-3H3,(H,22,23,25). The molecule has 0 aliphatic heterocycles. The molecule has 0 fully saturated rings. The van der Waals surface area contributed by atoms with E-state index < -0.39 is 0 Å². The number of nitrogens with one attached hydrogen (secondary N) is 1.